The van der Waals surface area contributed by atoms with Gasteiger partial charge < -0.3 is 25.4 Å². The van der Waals surface area contributed by atoms with Crippen LogP contribution in [0.15, 0.2) is 24.3 Å². The molecule has 5 atom stereocenters. The van der Waals surface area contributed by atoms with Gasteiger partial charge >= 0.3 is 6.09 Å². The molecule has 1 aliphatic heterocycles. The maximum atomic E-state index is 14.2. The number of carbonyl (C=O) groups is 4. The lowest BCUT2D eigenvalue weighted by Gasteiger charge is -2.36. The van der Waals surface area contributed by atoms with Crippen molar-refractivity contribution in [2.45, 2.75) is 108 Å². The van der Waals surface area contributed by atoms with Crippen LogP contribution >= 0.6 is 11.6 Å². The van der Waals surface area contributed by atoms with Crippen LogP contribution in [-0.4, -0.2) is 77.3 Å². The van der Waals surface area contributed by atoms with Crippen LogP contribution < -0.4 is 15.4 Å². The Morgan fingerprint density at radius 3 is 2.20 bits per heavy atom. The summed E-state index contributed by atoms with van der Waals surface area (Å²) in [6.45, 7) is 11.7. The minimum Gasteiger partial charge on any atom is -0.444 e. The fourth-order valence-corrected chi connectivity index (χ4v) is 7.09. The number of β-amino-alcohol motifs (C(OH)–C–C–N with tert-alkyl or cyclic N) is 1. The molecule has 4 amide bonds. The minimum absolute atomic E-state index is 0.203. The van der Waals surface area contributed by atoms with Crippen molar-refractivity contribution in [3.05, 3.63) is 34.9 Å². The number of sulfonamides is 1. The van der Waals surface area contributed by atoms with E-state index in [0.717, 1.165) is 0 Å². The zero-order chi connectivity index (χ0) is 33.0. The lowest BCUT2D eigenvalue weighted by atomic mass is 9.85. The maximum Gasteiger partial charge on any atom is 0.408 e. The molecule has 12 nitrogen and oxygen atoms in total. The molecule has 14 heteroatoms. The predicted molar refractivity (Wildman–Crippen MR) is 163 cm³/mol. The van der Waals surface area contributed by atoms with E-state index in [0.29, 0.717) is 23.4 Å². The highest BCUT2D eigenvalue weighted by Gasteiger charge is 2.61. The van der Waals surface area contributed by atoms with Crippen LogP contribution in [0.5, 0.6) is 0 Å². The minimum atomic E-state index is -3.86. The van der Waals surface area contributed by atoms with Crippen molar-refractivity contribution in [2.75, 3.05) is 6.54 Å². The van der Waals surface area contributed by atoms with Gasteiger partial charge in [0.05, 0.1) is 11.8 Å². The van der Waals surface area contributed by atoms with E-state index in [1.165, 1.54) is 4.90 Å². The van der Waals surface area contributed by atoms with Crippen LogP contribution in [0.4, 0.5) is 4.79 Å². The number of ether oxygens (including phenoxy) is 1. The van der Waals surface area contributed by atoms with Crippen molar-refractivity contribution < 1.29 is 37.4 Å². The van der Waals surface area contributed by atoms with Gasteiger partial charge in [0.15, 0.2) is 0 Å². The fraction of sp³-hybridized carbons (Fsp3) is 0.667. The molecule has 0 aromatic heterocycles. The topological polar surface area (TPSA) is 171 Å². The van der Waals surface area contributed by atoms with Crippen molar-refractivity contribution in [2.24, 2.45) is 11.3 Å². The highest BCUT2D eigenvalue weighted by Crippen LogP contribution is 2.45. The average molecular weight is 655 g/mol. The number of amides is 4. The molecule has 3 aliphatic rings. The molecular weight excluding hydrogens is 612 g/mol. The van der Waals surface area contributed by atoms with E-state index < -0.39 is 73.3 Å². The number of nitrogens with one attached hydrogen (secondary N) is 3. The number of nitrogens with zero attached hydrogens (tertiary/aromatic N) is 1. The monoisotopic (exact) mass is 654 g/mol. The number of benzene rings is 1. The molecule has 1 aromatic rings. The Kier molecular flexibility index (Phi) is 8.86. The largest absolute Gasteiger partial charge is 0.444 e. The number of alkyl carbamates (subject to hydrolysis) is 1. The van der Waals surface area contributed by atoms with Crippen LogP contribution in [0, 0.1) is 11.3 Å². The molecule has 3 fully saturated rings. The summed E-state index contributed by atoms with van der Waals surface area (Å²) in [6, 6.07) is 4.03. The summed E-state index contributed by atoms with van der Waals surface area (Å²) in [6.07, 6.45) is 0.0707. The molecule has 1 saturated heterocycles. The molecule has 44 heavy (non-hydrogen) atoms. The zero-order valence-electron chi connectivity index (χ0n) is 26.2. The third-order valence-corrected chi connectivity index (χ3v) is 10.4. The molecular formula is C30H43ClN4O8S. The van der Waals surface area contributed by atoms with Crippen molar-refractivity contribution in [1.82, 2.24) is 20.3 Å². The zero-order valence-corrected chi connectivity index (χ0v) is 27.8. The molecule has 2 saturated carbocycles. The maximum absolute atomic E-state index is 14.2. The van der Waals surface area contributed by atoms with Gasteiger partial charge in [0.1, 0.15) is 28.8 Å². The number of aliphatic hydroxyl groups is 1. The first-order chi connectivity index (χ1) is 20.1. The van der Waals surface area contributed by atoms with Gasteiger partial charge in [-0.3, -0.25) is 19.1 Å². The van der Waals surface area contributed by atoms with E-state index in [1.54, 1.807) is 72.7 Å². The molecule has 2 aliphatic carbocycles. The number of hydrogen-bond acceptors (Lipinski definition) is 8. The summed E-state index contributed by atoms with van der Waals surface area (Å²) in [5.74, 6) is -2.57. The predicted octanol–water partition coefficient (Wildman–Crippen LogP) is 2.57. The SMILES string of the molecule is C[C@@H]1C[C@]1(NC(=O)[C@@H]1C[C@@](O)(c2cccc(Cl)c2)CN1C(=O)[C@@H](NC(=O)OC(C)(C)C)C(C)(C)C)C(=O)NS(=O)(=O)C1CC1. The summed E-state index contributed by atoms with van der Waals surface area (Å²) < 4.78 is 32.5. The lowest BCUT2D eigenvalue weighted by molar-refractivity contribution is -0.143. The summed E-state index contributed by atoms with van der Waals surface area (Å²) in [5.41, 5.74) is -4.47. The van der Waals surface area contributed by atoms with Crippen LogP contribution in [-0.2, 0) is 34.7 Å². The Hall–Kier alpha value is -2.90. The number of halogens is 1. The third kappa shape index (κ3) is 7.31. The first-order valence-corrected chi connectivity index (χ1v) is 16.7. The molecule has 0 radical (unpaired) electrons. The number of carbonyl (C=O) groups excluding carboxylic acids is 4. The normalized spacial score (nSPS) is 27.7. The molecule has 1 heterocycles. The molecule has 0 spiro atoms. The summed E-state index contributed by atoms with van der Waals surface area (Å²) in [7, 11) is -3.86. The highest BCUT2D eigenvalue weighted by atomic mass is 35.5. The molecule has 1 aromatic carbocycles. The van der Waals surface area contributed by atoms with Crippen molar-refractivity contribution in [1.29, 1.82) is 0 Å². The van der Waals surface area contributed by atoms with Gasteiger partial charge in [0, 0.05) is 11.4 Å². The van der Waals surface area contributed by atoms with Gasteiger partial charge in [-0.15, -0.1) is 0 Å². The Labute approximate surface area is 263 Å². The smallest absolute Gasteiger partial charge is 0.408 e. The second-order valence-corrected chi connectivity index (χ2v) is 16.8. The fourth-order valence-electron chi connectivity index (χ4n) is 5.54. The van der Waals surface area contributed by atoms with E-state index >= 15 is 0 Å². The third-order valence-electron chi connectivity index (χ3n) is 8.32. The number of hydrogen-bond donors (Lipinski definition) is 4. The van der Waals surface area contributed by atoms with Gasteiger partial charge in [-0.05, 0) is 69.1 Å². The first-order valence-electron chi connectivity index (χ1n) is 14.7. The van der Waals surface area contributed by atoms with Gasteiger partial charge in [-0.25, -0.2) is 13.2 Å². The van der Waals surface area contributed by atoms with Crippen LogP contribution in [0.3, 0.4) is 0 Å². The van der Waals surface area contributed by atoms with Crippen LogP contribution in [0.1, 0.15) is 79.7 Å². The Bertz CT molecular complexity index is 1450. The van der Waals surface area contributed by atoms with Crippen molar-refractivity contribution in [3.8, 4) is 0 Å². The van der Waals surface area contributed by atoms with E-state index in [2.05, 4.69) is 15.4 Å². The summed E-state index contributed by atoms with van der Waals surface area (Å²) >= 11 is 6.20. The quantitative estimate of drug-likeness (QED) is 0.331. The van der Waals surface area contributed by atoms with E-state index in [9.17, 15) is 32.7 Å². The summed E-state index contributed by atoms with van der Waals surface area (Å²) in [5, 5.41) is 16.9. The first kappa shape index (κ1) is 34.0. The molecule has 4 rings (SSSR count). The number of rotatable bonds is 8. The number of likely N-dealkylation sites (tertiary alicyclic amines) is 1. The molecule has 4 N–H and O–H groups in total. The highest BCUT2D eigenvalue weighted by molar-refractivity contribution is 7.91. The second kappa shape index (κ2) is 11.5. The average Bonchev–Trinajstić information content (AvgIpc) is 3.79. The van der Waals surface area contributed by atoms with Crippen molar-refractivity contribution >= 4 is 45.4 Å². The van der Waals surface area contributed by atoms with Gasteiger partial charge in [-0.2, -0.15) is 0 Å². The van der Waals surface area contributed by atoms with Crippen LogP contribution in [0.25, 0.3) is 0 Å². The van der Waals surface area contributed by atoms with Gasteiger partial charge in [0.25, 0.3) is 5.91 Å². The van der Waals surface area contributed by atoms with Crippen molar-refractivity contribution in [3.63, 3.8) is 0 Å². The Morgan fingerprint density at radius 2 is 1.70 bits per heavy atom. The Morgan fingerprint density at radius 1 is 1.09 bits per heavy atom. The van der Waals surface area contributed by atoms with Gasteiger partial charge in [-0.1, -0.05) is 51.4 Å². The molecule has 0 unspecified atom stereocenters. The second-order valence-electron chi connectivity index (χ2n) is 14.4. The van der Waals surface area contributed by atoms with Gasteiger partial charge in [0.2, 0.25) is 21.8 Å². The molecule has 244 valence electrons. The van der Waals surface area contributed by atoms with E-state index in [4.69, 9.17) is 16.3 Å². The van der Waals surface area contributed by atoms with E-state index in [-0.39, 0.29) is 25.3 Å². The van der Waals surface area contributed by atoms with E-state index in [1.807, 2.05) is 0 Å². The lowest BCUT2D eigenvalue weighted by Crippen LogP contribution is -2.60. The van der Waals surface area contributed by atoms with Crippen LogP contribution in [0.2, 0.25) is 5.02 Å². The Balaban J connectivity index is 1.65. The standard InChI is InChI=1S/C30H43ClN4O8S/c1-17-14-30(17,25(38)34-44(41,42)20-11-12-20)33-23(36)21-15-29(40,18-9-8-10-19(31)13-18)16-35(21)24(37)22(27(2,3)4)32-26(39)43-28(5,6)7/h8-10,13,17,20-22,40H,11-12,14-16H2,1-7H3,(H,32,39)(H,33,36)(H,34,38)/t17-,21+,22-,29+,30-/m1/s1. The summed E-state index contributed by atoms with van der Waals surface area (Å²) in [4.78, 5) is 55.4. The molecule has 0 bridgehead atoms.